The minimum absolute atomic E-state index is 0.257. The zero-order chi connectivity index (χ0) is 26.6. The van der Waals surface area contributed by atoms with E-state index in [1.54, 1.807) is 11.8 Å². The van der Waals surface area contributed by atoms with Gasteiger partial charge in [0.05, 0.1) is 51.0 Å². The number of nitrogens with one attached hydrogen (secondary N) is 2. The van der Waals surface area contributed by atoms with Gasteiger partial charge in [-0.1, -0.05) is 30.7 Å². The number of aliphatic imine (C=N–C) groups is 1. The molecule has 2 aromatic carbocycles. The number of fused-ring (bicyclic) bond motifs is 1. The highest BCUT2D eigenvalue weighted by molar-refractivity contribution is 6.31. The van der Waals surface area contributed by atoms with Crippen LogP contribution in [0, 0.1) is 10.8 Å². The third-order valence-electron chi connectivity index (χ3n) is 5.65. The molecule has 4 N–H and O–H groups in total. The van der Waals surface area contributed by atoms with Gasteiger partial charge in [0.15, 0.2) is 0 Å². The number of anilines is 1. The van der Waals surface area contributed by atoms with Crippen molar-refractivity contribution >= 4 is 34.7 Å². The van der Waals surface area contributed by atoms with Crippen molar-refractivity contribution in [1.82, 2.24) is 0 Å². The standard InChI is InChI=1S/C27H36ClN5O4/c1-3-24-27(31)33(19(2)30)25-9-8-22(37-17-16-36-15-14-35-13-12-34-11-10-29)18-23(25)26(32-24)20-4-6-21(28)7-5-20/h4-9,18,24,30-31H,3,10-17,29H2,1-2H3/t24-/m0/s1. The fourth-order valence-corrected chi connectivity index (χ4v) is 4.01. The molecule has 0 bridgehead atoms. The highest BCUT2D eigenvalue weighted by Gasteiger charge is 2.30. The number of amidine groups is 2. The highest BCUT2D eigenvalue weighted by Crippen LogP contribution is 2.33. The maximum atomic E-state index is 8.78. The van der Waals surface area contributed by atoms with Crippen LogP contribution in [0.1, 0.15) is 31.4 Å². The number of benzene rings is 2. The molecule has 0 saturated heterocycles. The van der Waals surface area contributed by atoms with Crippen LogP contribution >= 0.6 is 11.6 Å². The zero-order valence-corrected chi connectivity index (χ0v) is 22.2. The van der Waals surface area contributed by atoms with Gasteiger partial charge in [-0.15, -0.1) is 0 Å². The summed E-state index contributed by atoms with van der Waals surface area (Å²) < 4.78 is 22.3. The van der Waals surface area contributed by atoms with E-state index in [1.165, 1.54) is 0 Å². The second-order valence-corrected chi connectivity index (χ2v) is 8.80. The van der Waals surface area contributed by atoms with Crippen molar-refractivity contribution in [2.75, 3.05) is 57.7 Å². The predicted molar refractivity (Wildman–Crippen MR) is 148 cm³/mol. The van der Waals surface area contributed by atoms with Crippen LogP contribution in [0.5, 0.6) is 5.75 Å². The molecule has 10 heteroatoms. The third kappa shape index (κ3) is 8.08. The molecule has 0 aliphatic carbocycles. The van der Waals surface area contributed by atoms with Crippen LogP contribution in [0.15, 0.2) is 47.5 Å². The molecular weight excluding hydrogens is 494 g/mol. The number of rotatable bonds is 14. The number of benzodiazepines with no additional fused rings is 1. The van der Waals surface area contributed by atoms with Crippen molar-refractivity contribution in [3.8, 4) is 5.75 Å². The number of hydrogen-bond acceptors (Lipinski definition) is 8. The van der Waals surface area contributed by atoms with E-state index in [9.17, 15) is 0 Å². The summed E-state index contributed by atoms with van der Waals surface area (Å²) in [4.78, 5) is 6.60. The summed E-state index contributed by atoms with van der Waals surface area (Å²) in [7, 11) is 0. The fraction of sp³-hybridized carbons (Fsp3) is 0.444. The van der Waals surface area contributed by atoms with E-state index in [2.05, 4.69) is 0 Å². The topological polar surface area (TPSA) is 126 Å². The summed E-state index contributed by atoms with van der Waals surface area (Å²) in [6.45, 7) is 7.47. The normalized spacial score (nSPS) is 15.2. The Morgan fingerprint density at radius 2 is 1.59 bits per heavy atom. The van der Waals surface area contributed by atoms with Gasteiger partial charge in [-0.25, -0.2) is 0 Å². The van der Waals surface area contributed by atoms with Gasteiger partial charge in [-0.05, 0) is 43.7 Å². The van der Waals surface area contributed by atoms with Gasteiger partial charge in [0.1, 0.15) is 30.1 Å². The third-order valence-corrected chi connectivity index (χ3v) is 5.90. The van der Waals surface area contributed by atoms with Crippen molar-refractivity contribution in [2.24, 2.45) is 10.7 Å². The Labute approximate surface area is 223 Å². The Balaban J connectivity index is 1.70. The van der Waals surface area contributed by atoms with Gasteiger partial charge < -0.3 is 24.7 Å². The molecular formula is C27H36ClN5O4. The second-order valence-electron chi connectivity index (χ2n) is 8.37. The van der Waals surface area contributed by atoms with Crippen LogP contribution in [0.3, 0.4) is 0 Å². The first kappa shape index (κ1) is 28.7. The van der Waals surface area contributed by atoms with Gasteiger partial charge in [0.2, 0.25) is 0 Å². The first-order chi connectivity index (χ1) is 18.0. The molecule has 37 heavy (non-hydrogen) atoms. The molecule has 1 atom stereocenters. The lowest BCUT2D eigenvalue weighted by Gasteiger charge is -2.26. The molecule has 0 aromatic heterocycles. The lowest BCUT2D eigenvalue weighted by Crippen LogP contribution is -2.40. The van der Waals surface area contributed by atoms with Crippen molar-refractivity contribution in [3.05, 3.63) is 58.6 Å². The lowest BCUT2D eigenvalue weighted by atomic mass is 9.99. The Morgan fingerprint density at radius 1 is 0.973 bits per heavy atom. The van der Waals surface area contributed by atoms with Crippen LogP contribution in [-0.2, 0) is 14.2 Å². The molecule has 0 fully saturated rings. The highest BCUT2D eigenvalue weighted by atomic mass is 35.5. The summed E-state index contributed by atoms with van der Waals surface area (Å²) in [6, 6.07) is 12.7. The van der Waals surface area contributed by atoms with Crippen molar-refractivity contribution in [2.45, 2.75) is 26.3 Å². The Morgan fingerprint density at radius 3 is 2.19 bits per heavy atom. The number of nitrogens with two attached hydrogens (primary N) is 1. The minimum atomic E-state index is -0.384. The van der Waals surface area contributed by atoms with Crippen molar-refractivity contribution in [1.29, 1.82) is 10.8 Å². The molecule has 200 valence electrons. The molecule has 0 unspecified atom stereocenters. The van der Waals surface area contributed by atoms with Gasteiger partial charge in [0.25, 0.3) is 0 Å². The molecule has 9 nitrogen and oxygen atoms in total. The van der Waals surface area contributed by atoms with Crippen LogP contribution < -0.4 is 15.4 Å². The van der Waals surface area contributed by atoms with Crippen LogP contribution in [0.2, 0.25) is 5.02 Å². The summed E-state index contributed by atoms with van der Waals surface area (Å²) in [5.41, 5.74) is 8.50. The number of hydrogen-bond donors (Lipinski definition) is 3. The van der Waals surface area contributed by atoms with E-state index >= 15 is 0 Å². The Hall–Kier alpha value is -2.82. The van der Waals surface area contributed by atoms with Crippen molar-refractivity contribution in [3.63, 3.8) is 0 Å². The van der Waals surface area contributed by atoms with E-state index in [0.29, 0.717) is 70.0 Å². The average molecular weight is 530 g/mol. The van der Waals surface area contributed by atoms with E-state index < -0.39 is 0 Å². The lowest BCUT2D eigenvalue weighted by molar-refractivity contribution is 0.0106. The van der Waals surface area contributed by atoms with Gasteiger partial charge in [0, 0.05) is 22.7 Å². The molecule has 0 radical (unpaired) electrons. The van der Waals surface area contributed by atoms with E-state index in [-0.39, 0.29) is 17.7 Å². The molecule has 1 aliphatic rings. The quantitative estimate of drug-likeness (QED) is 0.192. The second kappa shape index (κ2) is 14.8. The molecule has 3 rings (SSSR count). The smallest absolute Gasteiger partial charge is 0.131 e. The number of halogens is 1. The van der Waals surface area contributed by atoms with E-state index in [0.717, 1.165) is 22.5 Å². The van der Waals surface area contributed by atoms with Gasteiger partial charge >= 0.3 is 0 Å². The Kier molecular flexibility index (Phi) is 11.5. The molecule has 1 heterocycles. The van der Waals surface area contributed by atoms with Gasteiger partial charge in [-0.3, -0.25) is 20.7 Å². The monoisotopic (exact) mass is 529 g/mol. The van der Waals surface area contributed by atoms with Crippen LogP contribution in [-0.4, -0.2) is 76.2 Å². The number of nitrogens with zero attached hydrogens (tertiary/aromatic N) is 2. The largest absolute Gasteiger partial charge is 0.491 e. The maximum absolute atomic E-state index is 8.78. The average Bonchev–Trinajstić information content (AvgIpc) is 3.01. The first-order valence-corrected chi connectivity index (χ1v) is 12.8. The Bertz CT molecular complexity index is 1080. The number of ether oxygens (including phenoxy) is 4. The minimum Gasteiger partial charge on any atom is -0.491 e. The SMILES string of the molecule is CC[C@@H]1N=C(c2ccc(Cl)cc2)c2cc(OCCOCCOCCOCCN)ccc2N(C(C)=N)C1=N. The molecule has 0 spiro atoms. The summed E-state index contributed by atoms with van der Waals surface area (Å²) >= 11 is 6.13. The van der Waals surface area contributed by atoms with Crippen LogP contribution in [0.4, 0.5) is 5.69 Å². The molecule has 0 amide bonds. The first-order valence-electron chi connectivity index (χ1n) is 12.4. The zero-order valence-electron chi connectivity index (χ0n) is 21.5. The van der Waals surface area contributed by atoms with Crippen molar-refractivity contribution < 1.29 is 18.9 Å². The molecule has 0 saturated carbocycles. The summed E-state index contributed by atoms with van der Waals surface area (Å²) in [6.07, 6.45) is 0.638. The fourth-order valence-electron chi connectivity index (χ4n) is 3.88. The van der Waals surface area contributed by atoms with E-state index in [4.69, 9.17) is 52.1 Å². The summed E-state index contributed by atoms with van der Waals surface area (Å²) in [5, 5.41) is 17.8. The molecule has 1 aliphatic heterocycles. The predicted octanol–water partition coefficient (Wildman–Crippen LogP) is 4.14. The van der Waals surface area contributed by atoms with E-state index in [1.807, 2.05) is 49.4 Å². The van der Waals surface area contributed by atoms with Gasteiger partial charge in [-0.2, -0.15) is 0 Å². The molecule has 2 aromatic rings. The summed E-state index contributed by atoms with van der Waals surface area (Å²) in [5.74, 6) is 1.18. The maximum Gasteiger partial charge on any atom is 0.131 e. The van der Waals surface area contributed by atoms with Crippen LogP contribution in [0.25, 0.3) is 0 Å².